The fourth-order valence-corrected chi connectivity index (χ4v) is 2.25. The van der Waals surface area contributed by atoms with Gasteiger partial charge in [0.1, 0.15) is 0 Å². The van der Waals surface area contributed by atoms with Crippen molar-refractivity contribution in [3.05, 3.63) is 34.9 Å². The van der Waals surface area contributed by atoms with Gasteiger partial charge in [0.15, 0.2) is 0 Å². The lowest BCUT2D eigenvalue weighted by Crippen LogP contribution is -2.29. The molecule has 1 aliphatic heterocycles. The van der Waals surface area contributed by atoms with Gasteiger partial charge in [-0.15, -0.1) is 0 Å². The molecule has 0 radical (unpaired) electrons. The molecule has 0 unspecified atom stereocenters. The fraction of sp³-hybridized carbons (Fsp3) is 0.538. The van der Waals surface area contributed by atoms with E-state index >= 15 is 0 Å². The zero-order chi connectivity index (χ0) is 11.4. The van der Waals surface area contributed by atoms with Crippen molar-refractivity contribution in [2.24, 2.45) is 5.92 Å². The summed E-state index contributed by atoms with van der Waals surface area (Å²) in [5.41, 5.74) is 1.31. The van der Waals surface area contributed by atoms with Gasteiger partial charge in [-0.05, 0) is 42.9 Å². The topological polar surface area (TPSA) is 29.5 Å². The minimum atomic E-state index is 0.0569. The van der Waals surface area contributed by atoms with Crippen LogP contribution in [0.2, 0.25) is 5.02 Å². The normalized spacial score (nSPS) is 25.6. The highest BCUT2D eigenvalue weighted by molar-refractivity contribution is 6.30. The maximum atomic E-state index is 8.96. The number of ether oxygens (including phenoxy) is 1. The van der Waals surface area contributed by atoms with Crippen LogP contribution in [0.3, 0.4) is 0 Å². The van der Waals surface area contributed by atoms with Gasteiger partial charge in [-0.25, -0.2) is 0 Å². The van der Waals surface area contributed by atoms with Crippen LogP contribution in [-0.2, 0) is 11.2 Å². The van der Waals surface area contributed by atoms with Crippen LogP contribution in [0.15, 0.2) is 24.3 Å². The molecule has 2 nitrogen and oxygen atoms in total. The van der Waals surface area contributed by atoms with Crippen LogP contribution in [0.4, 0.5) is 0 Å². The van der Waals surface area contributed by atoms with Crippen molar-refractivity contribution < 1.29 is 9.84 Å². The maximum Gasteiger partial charge on any atom is 0.0806 e. The summed E-state index contributed by atoms with van der Waals surface area (Å²) in [5, 5.41) is 9.74. The Morgan fingerprint density at radius 1 is 1.25 bits per heavy atom. The molecular formula is C13H17ClO2. The molecule has 1 N–H and O–H groups in total. The smallest absolute Gasteiger partial charge is 0.0806 e. The second-order valence-corrected chi connectivity index (χ2v) is 4.85. The molecule has 2 atom stereocenters. The van der Waals surface area contributed by atoms with Crippen LogP contribution in [0.5, 0.6) is 0 Å². The molecule has 1 aromatic carbocycles. The molecule has 1 saturated heterocycles. The predicted molar refractivity (Wildman–Crippen MR) is 64.7 cm³/mol. The van der Waals surface area contributed by atoms with Crippen molar-refractivity contribution in [1.82, 2.24) is 0 Å². The number of rotatable bonds is 3. The molecule has 0 aromatic heterocycles. The van der Waals surface area contributed by atoms with E-state index in [4.69, 9.17) is 21.4 Å². The lowest BCUT2D eigenvalue weighted by molar-refractivity contribution is -0.0423. The quantitative estimate of drug-likeness (QED) is 0.880. The summed E-state index contributed by atoms with van der Waals surface area (Å²) in [7, 11) is 0. The second-order valence-electron chi connectivity index (χ2n) is 4.41. The first-order valence-electron chi connectivity index (χ1n) is 5.75. The monoisotopic (exact) mass is 240 g/mol. The first-order valence-corrected chi connectivity index (χ1v) is 6.12. The largest absolute Gasteiger partial charge is 0.394 e. The number of halogens is 1. The predicted octanol–water partition coefficient (Wildman–Crippen LogP) is 2.67. The van der Waals surface area contributed by atoms with Gasteiger partial charge >= 0.3 is 0 Å². The summed E-state index contributed by atoms with van der Waals surface area (Å²) in [6, 6.07) is 8.00. The average Bonchev–Trinajstić information content (AvgIpc) is 2.33. The highest BCUT2D eigenvalue weighted by Gasteiger charge is 2.21. The Kier molecular flexibility index (Phi) is 4.22. The summed E-state index contributed by atoms with van der Waals surface area (Å²) in [4.78, 5) is 0. The van der Waals surface area contributed by atoms with Gasteiger partial charge in [0, 0.05) is 5.02 Å². The molecule has 1 heterocycles. The van der Waals surface area contributed by atoms with Crippen molar-refractivity contribution in [2.75, 3.05) is 13.2 Å². The van der Waals surface area contributed by atoms with Gasteiger partial charge in [-0.2, -0.15) is 0 Å². The van der Waals surface area contributed by atoms with Gasteiger partial charge in [-0.3, -0.25) is 0 Å². The lowest BCUT2D eigenvalue weighted by atomic mass is 9.92. The zero-order valence-electron chi connectivity index (χ0n) is 9.23. The molecule has 0 aliphatic carbocycles. The van der Waals surface area contributed by atoms with E-state index in [-0.39, 0.29) is 12.7 Å². The van der Waals surface area contributed by atoms with Crippen LogP contribution in [0.1, 0.15) is 18.4 Å². The van der Waals surface area contributed by atoms with E-state index in [9.17, 15) is 0 Å². The zero-order valence-corrected chi connectivity index (χ0v) is 9.99. The third kappa shape index (κ3) is 3.21. The summed E-state index contributed by atoms with van der Waals surface area (Å²) in [5.74, 6) is 0.573. The number of aliphatic hydroxyl groups excluding tert-OH is 1. The highest BCUT2D eigenvalue weighted by atomic mass is 35.5. The molecule has 0 bridgehead atoms. The first kappa shape index (κ1) is 11.9. The Bertz CT molecular complexity index is 315. The Hall–Kier alpha value is -0.570. The molecule has 0 spiro atoms. The number of hydrogen-bond acceptors (Lipinski definition) is 2. The number of aliphatic hydroxyl groups is 1. The summed E-state index contributed by atoms with van der Waals surface area (Å²) in [6.07, 6.45) is 3.19. The molecule has 2 rings (SSSR count). The molecule has 88 valence electrons. The van der Waals surface area contributed by atoms with Crippen molar-refractivity contribution in [2.45, 2.75) is 25.4 Å². The Morgan fingerprint density at radius 2 is 2.00 bits per heavy atom. The molecule has 0 amide bonds. The minimum absolute atomic E-state index is 0.0569. The van der Waals surface area contributed by atoms with Gasteiger partial charge in [0.2, 0.25) is 0 Å². The summed E-state index contributed by atoms with van der Waals surface area (Å²) >= 11 is 5.84. The first-order chi connectivity index (χ1) is 7.78. The van der Waals surface area contributed by atoms with E-state index in [1.165, 1.54) is 5.56 Å². The molecule has 16 heavy (non-hydrogen) atoms. The van der Waals surface area contributed by atoms with Crippen LogP contribution in [0.25, 0.3) is 0 Å². The second kappa shape index (κ2) is 5.67. The van der Waals surface area contributed by atoms with Crippen molar-refractivity contribution in [1.29, 1.82) is 0 Å². The minimum Gasteiger partial charge on any atom is -0.394 e. The van der Waals surface area contributed by atoms with Gasteiger partial charge < -0.3 is 9.84 Å². The van der Waals surface area contributed by atoms with Crippen LogP contribution < -0.4 is 0 Å². The van der Waals surface area contributed by atoms with E-state index < -0.39 is 0 Å². The van der Waals surface area contributed by atoms with Crippen molar-refractivity contribution >= 4 is 11.6 Å². The van der Waals surface area contributed by atoms with Crippen LogP contribution in [0, 0.1) is 5.92 Å². The molecule has 1 aliphatic rings. The van der Waals surface area contributed by atoms with Crippen molar-refractivity contribution in [3.63, 3.8) is 0 Å². The number of hydrogen-bond donors (Lipinski definition) is 1. The molecular weight excluding hydrogens is 224 g/mol. The average molecular weight is 241 g/mol. The highest BCUT2D eigenvalue weighted by Crippen LogP contribution is 2.23. The van der Waals surface area contributed by atoms with E-state index in [1.54, 1.807) is 0 Å². The third-order valence-corrected chi connectivity index (χ3v) is 3.36. The maximum absolute atomic E-state index is 8.96. The molecule has 3 heteroatoms. The number of benzene rings is 1. The fourth-order valence-electron chi connectivity index (χ4n) is 2.12. The summed E-state index contributed by atoms with van der Waals surface area (Å²) in [6.45, 7) is 0.904. The molecule has 0 saturated carbocycles. The van der Waals surface area contributed by atoms with E-state index in [1.807, 2.05) is 12.1 Å². The third-order valence-electron chi connectivity index (χ3n) is 3.11. The SMILES string of the molecule is OC[C@H]1CC[C@@H](Cc2ccc(Cl)cc2)CO1. The van der Waals surface area contributed by atoms with Gasteiger partial charge in [-0.1, -0.05) is 23.7 Å². The Balaban J connectivity index is 1.84. The Labute approximate surface area is 101 Å². The van der Waals surface area contributed by atoms with E-state index in [2.05, 4.69) is 12.1 Å². The van der Waals surface area contributed by atoms with Crippen LogP contribution in [-0.4, -0.2) is 24.4 Å². The standard InChI is InChI=1S/C13H17ClO2/c14-12-4-1-10(2-5-12)7-11-3-6-13(8-15)16-9-11/h1-2,4-5,11,13,15H,3,6-9H2/t11-,13+/m0/s1. The van der Waals surface area contributed by atoms with E-state index in [0.29, 0.717) is 5.92 Å². The Morgan fingerprint density at radius 3 is 2.56 bits per heavy atom. The summed E-state index contributed by atoms with van der Waals surface area (Å²) < 4.78 is 5.56. The van der Waals surface area contributed by atoms with Gasteiger partial charge in [0.05, 0.1) is 19.3 Å². The van der Waals surface area contributed by atoms with E-state index in [0.717, 1.165) is 30.9 Å². The van der Waals surface area contributed by atoms with Crippen LogP contribution >= 0.6 is 11.6 Å². The lowest BCUT2D eigenvalue weighted by Gasteiger charge is -2.27. The molecule has 1 fully saturated rings. The van der Waals surface area contributed by atoms with Crippen molar-refractivity contribution in [3.8, 4) is 0 Å². The molecule has 1 aromatic rings. The van der Waals surface area contributed by atoms with Gasteiger partial charge in [0.25, 0.3) is 0 Å².